The smallest absolute Gasteiger partial charge is 0.0300 e. The average molecular weight is 251 g/mol. The van der Waals surface area contributed by atoms with E-state index in [1.165, 1.54) is 36.7 Å². The molecule has 0 aromatic carbocycles. The maximum Gasteiger partial charge on any atom is 0.0300 e. The summed E-state index contributed by atoms with van der Waals surface area (Å²) in [7, 11) is 0. The van der Waals surface area contributed by atoms with Crippen molar-refractivity contribution in [1.82, 2.24) is 15.2 Å². The van der Waals surface area contributed by atoms with Crippen molar-refractivity contribution in [3.05, 3.63) is 30.1 Å². The molecule has 1 aromatic heterocycles. The van der Waals surface area contributed by atoms with Gasteiger partial charge in [-0.15, -0.1) is 0 Å². The van der Waals surface area contributed by atoms with Gasteiger partial charge in [-0.3, -0.25) is 4.98 Å². The van der Waals surface area contributed by atoms with Crippen molar-refractivity contribution in [3.63, 3.8) is 0 Å². The maximum absolute atomic E-state index is 4.12. The minimum atomic E-state index is 1.05. The molecule has 0 radical (unpaired) electrons. The van der Waals surface area contributed by atoms with E-state index in [4.69, 9.17) is 0 Å². The molecule has 0 saturated carbocycles. The van der Waals surface area contributed by atoms with E-state index in [9.17, 15) is 0 Å². The molecule has 0 unspecified atom stereocenters. The molecule has 1 saturated heterocycles. The van der Waals surface area contributed by atoms with Crippen LogP contribution in [0.3, 0.4) is 0 Å². The van der Waals surface area contributed by atoms with Gasteiger partial charge in [0.2, 0.25) is 0 Å². The molecule has 0 amide bonds. The van der Waals surface area contributed by atoms with Crippen LogP contribution in [0.1, 0.15) is 5.56 Å². The van der Waals surface area contributed by atoms with E-state index >= 15 is 0 Å². The van der Waals surface area contributed by atoms with Crippen LogP contribution in [0.4, 0.5) is 0 Å². The summed E-state index contributed by atoms with van der Waals surface area (Å²) in [6, 6.07) is 4.14. The molecule has 2 heterocycles. The number of nitrogens with zero attached hydrogens (tertiary/aromatic N) is 2. The number of thioether (sulfide) groups is 1. The number of nitrogens with one attached hydrogen (secondary N) is 1. The summed E-state index contributed by atoms with van der Waals surface area (Å²) in [6.45, 7) is 5.86. The summed E-state index contributed by atoms with van der Waals surface area (Å²) in [5.41, 5.74) is 1.31. The lowest BCUT2D eigenvalue weighted by molar-refractivity contribution is 0.301. The third-order valence-corrected chi connectivity index (χ3v) is 3.96. The van der Waals surface area contributed by atoms with Crippen molar-refractivity contribution < 1.29 is 0 Å². The highest BCUT2D eigenvalue weighted by atomic mass is 32.2. The molecule has 0 spiro atoms. The first kappa shape index (κ1) is 12.9. The zero-order valence-electron chi connectivity index (χ0n) is 10.3. The van der Waals surface area contributed by atoms with Crippen molar-refractivity contribution in [2.75, 3.05) is 44.2 Å². The van der Waals surface area contributed by atoms with E-state index in [2.05, 4.69) is 33.0 Å². The van der Waals surface area contributed by atoms with Crippen LogP contribution in [0.15, 0.2) is 24.5 Å². The highest BCUT2D eigenvalue weighted by Crippen LogP contribution is 2.07. The second-order valence-electron chi connectivity index (χ2n) is 4.32. The van der Waals surface area contributed by atoms with Gasteiger partial charge in [0.05, 0.1) is 0 Å². The van der Waals surface area contributed by atoms with Crippen LogP contribution in [0.5, 0.6) is 0 Å². The Hall–Kier alpha value is -0.580. The van der Waals surface area contributed by atoms with Gasteiger partial charge in [-0.05, 0) is 24.6 Å². The van der Waals surface area contributed by atoms with Gasteiger partial charge in [-0.25, -0.2) is 0 Å². The first-order valence-corrected chi connectivity index (χ1v) is 7.50. The topological polar surface area (TPSA) is 28.2 Å². The van der Waals surface area contributed by atoms with E-state index in [1.807, 2.05) is 18.5 Å². The Labute approximate surface area is 108 Å². The molecule has 0 atom stereocenters. The van der Waals surface area contributed by atoms with Gasteiger partial charge in [0.25, 0.3) is 0 Å². The molecule has 2 rings (SSSR count). The van der Waals surface area contributed by atoms with Crippen molar-refractivity contribution in [2.24, 2.45) is 0 Å². The molecule has 94 valence electrons. The highest BCUT2D eigenvalue weighted by molar-refractivity contribution is 7.99. The predicted octanol–water partition coefficient (Wildman–Crippen LogP) is 1.26. The van der Waals surface area contributed by atoms with Crippen molar-refractivity contribution in [3.8, 4) is 0 Å². The van der Waals surface area contributed by atoms with Crippen LogP contribution >= 0.6 is 11.8 Å². The molecule has 3 nitrogen and oxygen atoms in total. The minimum Gasteiger partial charge on any atom is -0.315 e. The number of aromatic nitrogens is 1. The number of pyridine rings is 1. The molecule has 4 heteroatoms. The lowest BCUT2D eigenvalue weighted by Crippen LogP contribution is -2.38. The molecule has 0 bridgehead atoms. The monoisotopic (exact) mass is 251 g/mol. The fourth-order valence-electron chi connectivity index (χ4n) is 1.97. The van der Waals surface area contributed by atoms with E-state index in [0.29, 0.717) is 0 Å². The molecule has 0 aliphatic carbocycles. The Morgan fingerprint density at radius 3 is 2.94 bits per heavy atom. The SMILES string of the molecule is c1cncc(CCNCCN2CCSCC2)c1. The lowest BCUT2D eigenvalue weighted by atomic mass is 10.2. The summed E-state index contributed by atoms with van der Waals surface area (Å²) in [5, 5.41) is 3.50. The zero-order valence-corrected chi connectivity index (χ0v) is 11.1. The van der Waals surface area contributed by atoms with Crippen LogP contribution < -0.4 is 5.32 Å². The Kier molecular flexibility index (Phi) is 5.82. The molecule has 1 aliphatic heterocycles. The van der Waals surface area contributed by atoms with E-state index in [0.717, 1.165) is 19.5 Å². The molecule has 1 fully saturated rings. The number of rotatable bonds is 6. The fraction of sp³-hybridized carbons (Fsp3) is 0.615. The van der Waals surface area contributed by atoms with Crippen molar-refractivity contribution in [1.29, 1.82) is 0 Å². The zero-order chi connectivity index (χ0) is 11.8. The Balaban J connectivity index is 1.51. The van der Waals surface area contributed by atoms with Crippen LogP contribution in [0, 0.1) is 0 Å². The predicted molar refractivity (Wildman–Crippen MR) is 74.6 cm³/mol. The standard InChI is InChI=1S/C13H21N3S/c1-2-13(12-15-4-1)3-5-14-6-7-16-8-10-17-11-9-16/h1-2,4,12,14H,3,5-11H2. The Morgan fingerprint density at radius 2 is 2.18 bits per heavy atom. The summed E-state index contributed by atoms with van der Waals surface area (Å²) in [6.07, 6.45) is 4.85. The van der Waals surface area contributed by atoms with Crippen LogP contribution in [-0.4, -0.2) is 54.1 Å². The Morgan fingerprint density at radius 1 is 1.29 bits per heavy atom. The van der Waals surface area contributed by atoms with Gasteiger partial charge in [0, 0.05) is 50.1 Å². The van der Waals surface area contributed by atoms with Gasteiger partial charge in [0.1, 0.15) is 0 Å². The fourth-order valence-corrected chi connectivity index (χ4v) is 2.94. The van der Waals surface area contributed by atoms with Gasteiger partial charge >= 0.3 is 0 Å². The minimum absolute atomic E-state index is 1.05. The van der Waals surface area contributed by atoms with Crippen molar-refractivity contribution in [2.45, 2.75) is 6.42 Å². The van der Waals surface area contributed by atoms with Crippen molar-refractivity contribution >= 4 is 11.8 Å². The molecular formula is C13H21N3S. The maximum atomic E-state index is 4.12. The van der Waals surface area contributed by atoms with Crippen LogP contribution in [0.25, 0.3) is 0 Å². The molecule has 1 aliphatic rings. The summed E-state index contributed by atoms with van der Waals surface area (Å²) in [4.78, 5) is 6.67. The Bertz CT molecular complexity index is 299. The van der Waals surface area contributed by atoms with Gasteiger partial charge in [0.15, 0.2) is 0 Å². The summed E-state index contributed by atoms with van der Waals surface area (Å²) >= 11 is 2.07. The van der Waals surface area contributed by atoms with Gasteiger partial charge < -0.3 is 10.2 Å². The first-order valence-electron chi connectivity index (χ1n) is 6.35. The third-order valence-electron chi connectivity index (χ3n) is 3.02. The van der Waals surface area contributed by atoms with E-state index in [1.54, 1.807) is 0 Å². The average Bonchev–Trinajstić information content (AvgIpc) is 2.41. The van der Waals surface area contributed by atoms with Gasteiger partial charge in [-0.1, -0.05) is 6.07 Å². The first-order chi connectivity index (χ1) is 8.45. The van der Waals surface area contributed by atoms with E-state index < -0.39 is 0 Å². The largest absolute Gasteiger partial charge is 0.315 e. The van der Waals surface area contributed by atoms with E-state index in [-0.39, 0.29) is 0 Å². The molecule has 1 aromatic rings. The molecular weight excluding hydrogens is 230 g/mol. The van der Waals surface area contributed by atoms with Gasteiger partial charge in [-0.2, -0.15) is 11.8 Å². The number of hydrogen-bond donors (Lipinski definition) is 1. The normalized spacial score (nSPS) is 17.2. The third kappa shape index (κ3) is 5.06. The quantitative estimate of drug-likeness (QED) is 0.771. The highest BCUT2D eigenvalue weighted by Gasteiger charge is 2.08. The summed E-state index contributed by atoms with van der Waals surface area (Å²) < 4.78 is 0. The van der Waals surface area contributed by atoms with Crippen LogP contribution in [0.2, 0.25) is 0 Å². The molecule has 1 N–H and O–H groups in total. The number of hydrogen-bond acceptors (Lipinski definition) is 4. The second kappa shape index (κ2) is 7.69. The second-order valence-corrected chi connectivity index (χ2v) is 5.54. The van der Waals surface area contributed by atoms with Crippen LogP contribution in [-0.2, 0) is 6.42 Å². The summed E-state index contributed by atoms with van der Waals surface area (Å²) in [5.74, 6) is 2.60. The molecule has 17 heavy (non-hydrogen) atoms. The lowest BCUT2D eigenvalue weighted by Gasteiger charge is -2.26.